The first-order valence-corrected chi connectivity index (χ1v) is 14.2. The Bertz CT molecular complexity index is 1770. The molecule has 2 atom stereocenters. The molecular weight excluding hydrogens is 610 g/mol. The second-order valence-corrected chi connectivity index (χ2v) is 10.4. The molecule has 5 N–H and O–H groups in total. The number of hydrogen-bond acceptors (Lipinski definition) is 6. The number of carbonyl (C=O) groups is 2. The second kappa shape index (κ2) is 13.6. The number of phenolic OH excluding ortho intramolecular Hbond substituents is 1. The zero-order valence-corrected chi connectivity index (χ0v) is 24.4. The normalized spacial score (nSPS) is 12.4. The maximum Gasteiger partial charge on any atom is 0.412 e. The monoisotopic (exact) mass is 637 g/mol. The van der Waals surface area contributed by atoms with Crippen LogP contribution < -0.4 is 21.1 Å². The van der Waals surface area contributed by atoms with Gasteiger partial charge < -0.3 is 25.6 Å². The number of nitrogens with one attached hydrogen (secondary N) is 2. The highest BCUT2D eigenvalue weighted by Gasteiger charge is 2.30. The topological polar surface area (TPSA) is 123 Å². The SMILES string of the molecule is Nc1ccccc1NC(=O)/C=C/[C@@H](Oc1ccccc1)[C@H](OC(=O)Nc1cccc2ccccc12)c1cc(Br)ccc1O. The molecule has 8 nitrogen and oxygen atoms in total. The third-order valence-electron chi connectivity index (χ3n) is 6.53. The Hall–Kier alpha value is -5.28. The molecule has 2 amide bonds. The third kappa shape index (κ3) is 7.52. The van der Waals surface area contributed by atoms with Gasteiger partial charge in [-0.3, -0.25) is 10.1 Å². The van der Waals surface area contributed by atoms with Gasteiger partial charge in [-0.1, -0.05) is 82.7 Å². The van der Waals surface area contributed by atoms with E-state index in [0.717, 1.165) is 10.8 Å². The molecule has 43 heavy (non-hydrogen) atoms. The number of hydrogen-bond donors (Lipinski definition) is 4. The van der Waals surface area contributed by atoms with E-state index in [2.05, 4.69) is 26.6 Å². The lowest BCUT2D eigenvalue weighted by Gasteiger charge is -2.27. The summed E-state index contributed by atoms with van der Waals surface area (Å²) < 4.78 is 12.9. The Morgan fingerprint density at radius 1 is 0.814 bits per heavy atom. The van der Waals surface area contributed by atoms with Gasteiger partial charge in [-0.05, 0) is 60.0 Å². The van der Waals surface area contributed by atoms with Crippen LogP contribution in [0.2, 0.25) is 0 Å². The van der Waals surface area contributed by atoms with Crippen molar-refractivity contribution < 1.29 is 24.2 Å². The number of nitrogen functional groups attached to an aromatic ring is 1. The van der Waals surface area contributed by atoms with E-state index in [-0.39, 0.29) is 11.3 Å². The molecule has 0 saturated heterocycles. The smallest absolute Gasteiger partial charge is 0.412 e. The number of anilines is 3. The van der Waals surface area contributed by atoms with Crippen LogP contribution in [-0.4, -0.2) is 23.2 Å². The molecule has 216 valence electrons. The van der Waals surface area contributed by atoms with E-state index in [4.69, 9.17) is 15.2 Å². The fraction of sp³-hybridized carbons (Fsp3) is 0.0588. The van der Waals surface area contributed by atoms with Crippen molar-refractivity contribution in [3.8, 4) is 11.5 Å². The average molecular weight is 639 g/mol. The largest absolute Gasteiger partial charge is 0.508 e. The van der Waals surface area contributed by atoms with Gasteiger partial charge in [0.1, 0.15) is 11.5 Å². The molecule has 0 aromatic heterocycles. The minimum atomic E-state index is -1.18. The van der Waals surface area contributed by atoms with Gasteiger partial charge in [-0.25, -0.2) is 4.79 Å². The van der Waals surface area contributed by atoms with Gasteiger partial charge in [-0.2, -0.15) is 0 Å². The molecule has 5 aromatic rings. The summed E-state index contributed by atoms with van der Waals surface area (Å²) in [4.78, 5) is 26.3. The van der Waals surface area contributed by atoms with E-state index in [1.807, 2.05) is 42.5 Å². The van der Waals surface area contributed by atoms with Crippen molar-refractivity contribution in [2.75, 3.05) is 16.4 Å². The molecule has 0 aliphatic heterocycles. The molecule has 0 spiro atoms. The number of carbonyl (C=O) groups excluding carboxylic acids is 2. The van der Waals surface area contributed by atoms with Crippen LogP contribution in [0.25, 0.3) is 10.8 Å². The van der Waals surface area contributed by atoms with Gasteiger partial charge in [0.15, 0.2) is 12.2 Å². The van der Waals surface area contributed by atoms with Crippen LogP contribution in [0.1, 0.15) is 11.7 Å². The van der Waals surface area contributed by atoms with Crippen molar-refractivity contribution in [3.05, 3.63) is 137 Å². The molecule has 0 unspecified atom stereocenters. The molecule has 5 rings (SSSR count). The molecule has 0 fully saturated rings. The zero-order chi connectivity index (χ0) is 30.2. The van der Waals surface area contributed by atoms with Crippen molar-refractivity contribution in [1.82, 2.24) is 0 Å². The fourth-order valence-corrected chi connectivity index (χ4v) is 4.85. The number of para-hydroxylation sites is 3. The molecule has 0 radical (unpaired) electrons. The minimum absolute atomic E-state index is 0.122. The number of aromatic hydroxyl groups is 1. The summed E-state index contributed by atoms with van der Waals surface area (Å²) in [7, 11) is 0. The standard InChI is InChI=1S/C34H28BrN3O5/c35-23-17-18-30(39)26(21-23)33(43-34(41)38-28-16-8-10-22-9-4-5-13-25(22)28)31(42-24-11-2-1-3-12-24)19-20-32(40)37-29-15-7-6-14-27(29)36/h1-21,31,33,39H,36H2,(H,37,40)(H,38,41)/b20-19+/t31-,33-/m1/s1. The van der Waals surface area contributed by atoms with Gasteiger partial charge in [-0.15, -0.1) is 0 Å². The quantitative estimate of drug-likeness (QED) is 0.0965. The first-order chi connectivity index (χ1) is 20.9. The van der Waals surface area contributed by atoms with Crippen LogP contribution in [0, 0.1) is 0 Å². The minimum Gasteiger partial charge on any atom is -0.508 e. The summed E-state index contributed by atoms with van der Waals surface area (Å²) in [5.74, 6) is -0.137. The summed E-state index contributed by atoms with van der Waals surface area (Å²) in [6.45, 7) is 0. The summed E-state index contributed by atoms with van der Waals surface area (Å²) in [5, 5.41) is 18.2. The van der Waals surface area contributed by atoms with Crippen LogP contribution in [-0.2, 0) is 9.53 Å². The highest BCUT2D eigenvalue weighted by molar-refractivity contribution is 9.10. The van der Waals surface area contributed by atoms with E-state index in [1.54, 1.807) is 66.7 Å². The number of rotatable bonds is 9. The van der Waals surface area contributed by atoms with Crippen LogP contribution in [0.4, 0.5) is 21.9 Å². The lowest BCUT2D eigenvalue weighted by atomic mass is 10.0. The van der Waals surface area contributed by atoms with E-state index in [0.29, 0.717) is 27.3 Å². The number of fused-ring (bicyclic) bond motifs is 1. The van der Waals surface area contributed by atoms with E-state index >= 15 is 0 Å². The number of nitrogens with two attached hydrogens (primary N) is 1. The molecule has 0 bridgehead atoms. The van der Waals surface area contributed by atoms with Gasteiger partial charge in [0, 0.05) is 21.5 Å². The van der Waals surface area contributed by atoms with Crippen molar-refractivity contribution in [2.24, 2.45) is 0 Å². The Morgan fingerprint density at radius 2 is 1.51 bits per heavy atom. The molecular formula is C34H28BrN3O5. The molecule has 9 heteroatoms. The highest BCUT2D eigenvalue weighted by atomic mass is 79.9. The van der Waals surface area contributed by atoms with E-state index < -0.39 is 24.2 Å². The molecule has 5 aromatic carbocycles. The van der Waals surface area contributed by atoms with Crippen molar-refractivity contribution >= 4 is 55.8 Å². The fourth-order valence-electron chi connectivity index (χ4n) is 4.48. The first kappa shape index (κ1) is 29.2. The maximum absolute atomic E-state index is 13.4. The first-order valence-electron chi connectivity index (χ1n) is 13.4. The lowest BCUT2D eigenvalue weighted by Crippen LogP contribution is -2.30. The Labute approximate surface area is 256 Å². The van der Waals surface area contributed by atoms with Gasteiger partial charge in [0.25, 0.3) is 0 Å². The lowest BCUT2D eigenvalue weighted by molar-refractivity contribution is -0.112. The van der Waals surface area contributed by atoms with Gasteiger partial charge >= 0.3 is 6.09 Å². The summed E-state index contributed by atoms with van der Waals surface area (Å²) in [6.07, 6.45) is -0.262. The highest BCUT2D eigenvalue weighted by Crippen LogP contribution is 2.35. The molecule has 0 heterocycles. The van der Waals surface area contributed by atoms with Crippen LogP contribution in [0.5, 0.6) is 11.5 Å². The van der Waals surface area contributed by atoms with Crippen LogP contribution in [0.15, 0.2) is 132 Å². The van der Waals surface area contributed by atoms with Crippen LogP contribution in [0.3, 0.4) is 0 Å². The Morgan fingerprint density at radius 3 is 2.33 bits per heavy atom. The number of halogens is 1. The van der Waals surface area contributed by atoms with Gasteiger partial charge in [0.2, 0.25) is 5.91 Å². The zero-order valence-electron chi connectivity index (χ0n) is 22.8. The molecule has 0 aliphatic rings. The van der Waals surface area contributed by atoms with Crippen molar-refractivity contribution in [2.45, 2.75) is 12.2 Å². The van der Waals surface area contributed by atoms with Gasteiger partial charge in [0.05, 0.1) is 17.1 Å². The predicted molar refractivity (Wildman–Crippen MR) is 172 cm³/mol. The van der Waals surface area contributed by atoms with Crippen molar-refractivity contribution in [3.63, 3.8) is 0 Å². The predicted octanol–water partition coefficient (Wildman–Crippen LogP) is 7.82. The Balaban J connectivity index is 1.48. The average Bonchev–Trinajstić information content (AvgIpc) is 3.01. The van der Waals surface area contributed by atoms with Crippen molar-refractivity contribution in [1.29, 1.82) is 0 Å². The Kier molecular flexibility index (Phi) is 9.23. The van der Waals surface area contributed by atoms with E-state index in [1.165, 1.54) is 18.2 Å². The van der Waals surface area contributed by atoms with Crippen LogP contribution >= 0.6 is 15.9 Å². The number of amides is 2. The summed E-state index contributed by atoms with van der Waals surface area (Å²) in [6, 6.07) is 33.7. The summed E-state index contributed by atoms with van der Waals surface area (Å²) >= 11 is 3.43. The number of phenols is 1. The maximum atomic E-state index is 13.4. The summed E-state index contributed by atoms with van der Waals surface area (Å²) in [5.41, 5.74) is 7.65. The third-order valence-corrected chi connectivity index (χ3v) is 7.02. The van der Waals surface area contributed by atoms with E-state index in [9.17, 15) is 14.7 Å². The molecule has 0 saturated carbocycles. The number of benzene rings is 5. The number of ether oxygens (including phenoxy) is 2. The molecule has 0 aliphatic carbocycles. The second-order valence-electron chi connectivity index (χ2n) is 9.51.